The molecule has 0 saturated heterocycles. The van der Waals surface area contributed by atoms with Crippen molar-refractivity contribution in [1.82, 2.24) is 4.98 Å². The maximum Gasteiger partial charge on any atom is 0.162 e. The van der Waals surface area contributed by atoms with Gasteiger partial charge in [0.15, 0.2) is 11.7 Å². The molecule has 0 unspecified atom stereocenters. The summed E-state index contributed by atoms with van der Waals surface area (Å²) >= 11 is 0. The van der Waals surface area contributed by atoms with E-state index in [0.717, 1.165) is 81.5 Å². The normalized spacial score (nSPS) is 12.2. The van der Waals surface area contributed by atoms with Gasteiger partial charge >= 0.3 is 0 Å². The molecule has 47 heavy (non-hydrogen) atoms. The third-order valence-corrected chi connectivity index (χ3v) is 8.76. The summed E-state index contributed by atoms with van der Waals surface area (Å²) in [5, 5.41) is 13.9. The summed E-state index contributed by atoms with van der Waals surface area (Å²) in [6, 6.07) is 26.1. The molecule has 0 amide bonds. The van der Waals surface area contributed by atoms with E-state index >= 15 is 0 Å². The topological polar surface area (TPSA) is 76.5 Å². The van der Waals surface area contributed by atoms with Crippen LogP contribution in [-0.4, -0.2) is 15.9 Å². The average Bonchev–Trinajstić information content (AvgIpc) is 3.63. The van der Waals surface area contributed by atoms with Crippen LogP contribution in [0.15, 0.2) is 87.4 Å². The van der Waals surface area contributed by atoms with Crippen LogP contribution in [0.2, 0.25) is 0 Å². The summed E-state index contributed by atoms with van der Waals surface area (Å²) in [5.41, 5.74) is 5.68. The number of carbonyl (C=O) groups is 1. The minimum absolute atomic E-state index is 0. The number of furan rings is 1. The summed E-state index contributed by atoms with van der Waals surface area (Å²) in [4.78, 5) is 16.5. The number of carbonyl (C=O) groups excluding carboxylic acids is 1. The fourth-order valence-electron chi connectivity index (χ4n) is 6.21. The largest absolute Gasteiger partial charge is 0.512 e. The van der Waals surface area contributed by atoms with E-state index in [4.69, 9.17) is 13.8 Å². The molecular weight excluding hydrogens is 763 g/mol. The van der Waals surface area contributed by atoms with Gasteiger partial charge in [-0.25, -0.2) is 4.98 Å². The number of aliphatic hydroxyl groups excluding tert-OH is 1. The Morgan fingerprint density at radius 1 is 0.851 bits per heavy atom. The van der Waals surface area contributed by atoms with Crippen molar-refractivity contribution in [2.24, 2.45) is 17.3 Å². The SMILES string of the molecule is CC(C)(C)Cc1ccc2oc3c4ccccc4[c-]c(-c4nc5ccccc5o4)c3c2c1.CCC(CC)C(=O)/C=C(\O)C(CC)CC.[Ir]. The van der Waals surface area contributed by atoms with E-state index in [0.29, 0.717) is 5.89 Å². The van der Waals surface area contributed by atoms with Crippen LogP contribution in [0.5, 0.6) is 0 Å². The summed E-state index contributed by atoms with van der Waals surface area (Å²) in [7, 11) is 0. The minimum atomic E-state index is 0. The van der Waals surface area contributed by atoms with Gasteiger partial charge in [0.1, 0.15) is 11.2 Å². The van der Waals surface area contributed by atoms with E-state index in [1.807, 2.05) is 64.1 Å². The van der Waals surface area contributed by atoms with E-state index in [1.165, 1.54) is 11.6 Å². The average molecular weight is 809 g/mol. The van der Waals surface area contributed by atoms with Crippen LogP contribution in [0, 0.1) is 23.3 Å². The zero-order valence-electron chi connectivity index (χ0n) is 28.6. The summed E-state index contributed by atoms with van der Waals surface area (Å²) in [6.07, 6.45) is 5.90. The van der Waals surface area contributed by atoms with Crippen LogP contribution in [0.25, 0.3) is 55.3 Å². The van der Waals surface area contributed by atoms with E-state index in [1.54, 1.807) is 0 Å². The fourth-order valence-corrected chi connectivity index (χ4v) is 6.21. The van der Waals surface area contributed by atoms with Gasteiger partial charge in [-0.2, -0.15) is 0 Å². The van der Waals surface area contributed by atoms with Crippen LogP contribution in [0.4, 0.5) is 0 Å². The molecule has 4 aromatic carbocycles. The van der Waals surface area contributed by atoms with Crippen LogP contribution < -0.4 is 0 Å². The Hall–Kier alpha value is -3.73. The molecule has 1 radical (unpaired) electrons. The number of oxazole rings is 1. The first kappa shape index (κ1) is 36.1. The van der Waals surface area contributed by atoms with Crippen molar-refractivity contribution in [2.75, 3.05) is 0 Å². The monoisotopic (exact) mass is 809 g/mol. The Labute approximate surface area is 291 Å². The van der Waals surface area contributed by atoms with Gasteiger partial charge in [0, 0.05) is 38.0 Å². The van der Waals surface area contributed by atoms with Crippen molar-refractivity contribution in [1.29, 1.82) is 0 Å². The molecule has 5 nitrogen and oxygen atoms in total. The number of hydrogen-bond acceptors (Lipinski definition) is 5. The zero-order chi connectivity index (χ0) is 33.0. The molecule has 6 heteroatoms. The van der Waals surface area contributed by atoms with Crippen LogP contribution >= 0.6 is 0 Å². The number of benzene rings is 4. The summed E-state index contributed by atoms with van der Waals surface area (Å²) in [5.74, 6) is 1.12. The smallest absolute Gasteiger partial charge is 0.162 e. The number of nitrogens with zero attached hydrogens (tertiary/aromatic N) is 1. The standard InChI is InChI=1S/C28H22NO2.C13H24O2.Ir/c1-28(2,3)16-17-12-13-23-20(14-17)25-21(27-29-22-10-6-7-11-24(22)31-27)15-18-8-4-5-9-19(18)26(25)30-23;1-5-10(6-2)12(14)9-13(15)11(7-3)8-4;/h4-14H,16H2,1-3H3;9-11,14H,5-8H2,1-4H3;/q-1;;/b;12-9-;. The van der Waals surface area contributed by atoms with Crippen molar-refractivity contribution >= 4 is 49.6 Å². The molecule has 0 aliphatic rings. The maximum atomic E-state index is 11.7. The number of aliphatic hydroxyl groups is 1. The van der Waals surface area contributed by atoms with E-state index in [-0.39, 0.29) is 48.9 Å². The summed E-state index contributed by atoms with van der Waals surface area (Å²) < 4.78 is 12.6. The van der Waals surface area contributed by atoms with Crippen molar-refractivity contribution < 1.29 is 38.8 Å². The molecule has 0 aliphatic carbocycles. The molecule has 6 aromatic rings. The van der Waals surface area contributed by atoms with Crippen LogP contribution in [-0.2, 0) is 31.3 Å². The van der Waals surface area contributed by atoms with Gasteiger partial charge in [-0.3, -0.25) is 4.79 Å². The first-order chi connectivity index (χ1) is 22.1. The number of fused-ring (bicyclic) bond motifs is 6. The molecule has 0 spiro atoms. The van der Waals surface area contributed by atoms with Crippen molar-refractivity contribution in [3.8, 4) is 11.5 Å². The van der Waals surface area contributed by atoms with E-state index < -0.39 is 0 Å². The number of allylic oxidation sites excluding steroid dienone is 2. The van der Waals surface area contributed by atoms with Gasteiger partial charge in [-0.1, -0.05) is 96.5 Å². The molecule has 0 bridgehead atoms. The first-order valence-corrected chi connectivity index (χ1v) is 16.7. The third kappa shape index (κ3) is 8.05. The number of aromatic nitrogens is 1. The van der Waals surface area contributed by atoms with Crippen LogP contribution in [0.3, 0.4) is 0 Å². The number of rotatable bonds is 9. The molecule has 249 valence electrons. The van der Waals surface area contributed by atoms with E-state index in [2.05, 4.69) is 57.2 Å². The Balaban J connectivity index is 0.000000269. The Morgan fingerprint density at radius 2 is 1.51 bits per heavy atom. The number of para-hydroxylation sites is 2. The predicted octanol–water partition coefficient (Wildman–Crippen LogP) is 11.8. The van der Waals surface area contributed by atoms with E-state index in [9.17, 15) is 9.90 Å². The second-order valence-corrected chi connectivity index (χ2v) is 13.4. The number of ketones is 1. The molecule has 0 fully saturated rings. The zero-order valence-corrected chi connectivity index (χ0v) is 31.0. The van der Waals surface area contributed by atoms with Crippen molar-refractivity contribution in [2.45, 2.75) is 80.6 Å². The molecule has 0 atom stereocenters. The fraction of sp³-hybridized carbons (Fsp3) is 0.366. The minimum Gasteiger partial charge on any atom is -0.512 e. The van der Waals surface area contributed by atoms with Crippen molar-refractivity contribution in [3.63, 3.8) is 0 Å². The first-order valence-electron chi connectivity index (χ1n) is 16.7. The molecule has 0 aliphatic heterocycles. The van der Waals surface area contributed by atoms with Crippen molar-refractivity contribution in [3.05, 3.63) is 90.2 Å². The molecule has 2 aromatic heterocycles. The maximum absolute atomic E-state index is 11.7. The molecule has 2 heterocycles. The van der Waals surface area contributed by atoms with Gasteiger partial charge in [-0.15, -0.1) is 17.5 Å². The van der Waals surface area contributed by atoms with Gasteiger partial charge in [-0.05, 0) is 77.4 Å². The molecule has 6 rings (SSSR count). The van der Waals surface area contributed by atoms with Gasteiger partial charge in [0.25, 0.3) is 0 Å². The number of hydrogen-bond donors (Lipinski definition) is 1. The Morgan fingerprint density at radius 3 is 2.17 bits per heavy atom. The molecular formula is C41H46IrNO4-. The van der Waals surface area contributed by atoms with Gasteiger partial charge in [0.2, 0.25) is 0 Å². The quantitative estimate of drug-likeness (QED) is 0.0894. The van der Waals surface area contributed by atoms with Gasteiger partial charge in [0.05, 0.1) is 16.9 Å². The van der Waals surface area contributed by atoms with Crippen LogP contribution in [0.1, 0.15) is 79.7 Å². The second kappa shape index (κ2) is 15.4. The summed E-state index contributed by atoms with van der Waals surface area (Å²) in [6.45, 7) is 14.9. The van der Waals surface area contributed by atoms with Gasteiger partial charge < -0.3 is 13.9 Å². The molecule has 0 saturated carbocycles. The second-order valence-electron chi connectivity index (χ2n) is 13.4. The third-order valence-electron chi connectivity index (χ3n) is 8.76. The molecule has 1 N–H and O–H groups in total. The Bertz CT molecular complexity index is 1970. The Kier molecular flexibility index (Phi) is 11.9. The predicted molar refractivity (Wildman–Crippen MR) is 190 cm³/mol.